The molecule has 0 aromatic heterocycles. The summed E-state index contributed by atoms with van der Waals surface area (Å²) >= 11 is 6.74. The van der Waals surface area contributed by atoms with Gasteiger partial charge in [-0.3, -0.25) is 14.4 Å². The number of rotatable bonds is 2. The lowest BCUT2D eigenvalue weighted by Gasteiger charge is -2.54. The molecule has 35 heavy (non-hydrogen) atoms. The Kier molecular flexibility index (Phi) is 5.62. The summed E-state index contributed by atoms with van der Waals surface area (Å²) in [6.45, 7) is 11.6. The molecule has 5 aliphatic rings. The third kappa shape index (κ3) is 3.33. The van der Waals surface area contributed by atoms with Crippen molar-refractivity contribution >= 4 is 29.5 Å². The molecule has 0 aromatic carbocycles. The van der Waals surface area contributed by atoms with Crippen LogP contribution in [0.15, 0.2) is 12.2 Å². The van der Waals surface area contributed by atoms with Crippen molar-refractivity contribution in [1.29, 1.82) is 0 Å². The number of carbonyl (C=O) groups excluding carboxylic acids is 3. The van der Waals surface area contributed by atoms with E-state index >= 15 is 0 Å². The van der Waals surface area contributed by atoms with Gasteiger partial charge in [0.25, 0.3) is 0 Å². The molecule has 0 radical (unpaired) electrons. The second kappa shape index (κ2) is 7.89. The van der Waals surface area contributed by atoms with Crippen molar-refractivity contribution in [3.8, 4) is 0 Å². The molecule has 5 fully saturated rings. The highest BCUT2D eigenvalue weighted by atomic mass is 35.5. The maximum atomic E-state index is 12.8. The number of fused-ring (bicyclic) bond motifs is 5. The van der Waals surface area contributed by atoms with Gasteiger partial charge in [-0.15, -0.1) is 11.6 Å². The van der Waals surface area contributed by atoms with E-state index in [0.717, 1.165) is 0 Å². The monoisotopic (exact) mass is 514 g/mol. The molecule has 3 saturated heterocycles. The highest BCUT2D eigenvalue weighted by molar-refractivity contribution is 6.23. The molecule has 10 nitrogen and oxygen atoms in total. The van der Waals surface area contributed by atoms with Crippen LogP contribution in [0.2, 0.25) is 0 Å². The summed E-state index contributed by atoms with van der Waals surface area (Å²) in [5.41, 5.74) is -2.82. The van der Waals surface area contributed by atoms with Crippen molar-refractivity contribution in [1.82, 2.24) is 0 Å². The first-order chi connectivity index (χ1) is 16.3. The first-order valence-corrected chi connectivity index (χ1v) is 12.3. The molecule has 2 aliphatic carbocycles. The summed E-state index contributed by atoms with van der Waals surface area (Å²) in [5.74, 6) is -4.53. The Morgan fingerprint density at radius 2 is 1.66 bits per heavy atom. The molecule has 0 unspecified atom stereocenters. The Balaban J connectivity index is 1.75. The summed E-state index contributed by atoms with van der Waals surface area (Å²) in [7, 11) is 0. The summed E-state index contributed by atoms with van der Waals surface area (Å²) < 4.78 is 29.0. The highest BCUT2D eigenvalue weighted by Crippen LogP contribution is 2.63. The second-order valence-electron chi connectivity index (χ2n) is 10.8. The fourth-order valence-corrected chi connectivity index (χ4v) is 7.31. The number of ether oxygens (including phenoxy) is 5. The number of hydrogen-bond acceptors (Lipinski definition) is 10. The lowest BCUT2D eigenvalue weighted by molar-refractivity contribution is -0.224. The van der Waals surface area contributed by atoms with Gasteiger partial charge in [0.1, 0.15) is 30.5 Å². The van der Waals surface area contributed by atoms with Crippen molar-refractivity contribution in [2.24, 2.45) is 23.2 Å². The molecule has 194 valence electrons. The summed E-state index contributed by atoms with van der Waals surface area (Å²) in [6.07, 6.45) is -6.89. The Morgan fingerprint density at radius 3 is 2.26 bits per heavy atom. The van der Waals surface area contributed by atoms with E-state index in [4.69, 9.17) is 35.3 Å². The SMILES string of the molecule is C=C1[C@H]2O[C@H]2[C@@H](OC(C)=O)[C@]2(C)[C@H]([C@@H](C)[C@H](O)[C@@H]3O[C@@H]32)[C@@H](OC(C)=O)[C@]2(O)[C@@H](C)C(=O)O[C@H]2[C@H]1Cl. The van der Waals surface area contributed by atoms with Crippen LogP contribution < -0.4 is 0 Å². The molecule has 0 amide bonds. The van der Waals surface area contributed by atoms with Gasteiger partial charge < -0.3 is 33.9 Å². The van der Waals surface area contributed by atoms with Crippen molar-refractivity contribution in [3.63, 3.8) is 0 Å². The van der Waals surface area contributed by atoms with E-state index in [1.165, 1.54) is 20.8 Å². The van der Waals surface area contributed by atoms with E-state index in [1.807, 2.05) is 6.92 Å². The minimum Gasteiger partial charge on any atom is -0.459 e. The highest BCUT2D eigenvalue weighted by Gasteiger charge is 2.77. The van der Waals surface area contributed by atoms with Crippen LogP contribution in [0.25, 0.3) is 0 Å². The summed E-state index contributed by atoms with van der Waals surface area (Å²) in [6, 6.07) is 0. The molecule has 5 rings (SSSR count). The van der Waals surface area contributed by atoms with Gasteiger partial charge in [-0.25, -0.2) is 0 Å². The maximum Gasteiger partial charge on any atom is 0.312 e. The Bertz CT molecular complexity index is 985. The van der Waals surface area contributed by atoms with Crippen LogP contribution in [0.3, 0.4) is 0 Å². The molecule has 0 spiro atoms. The number of esters is 3. The molecule has 11 heteroatoms. The van der Waals surface area contributed by atoms with Crippen molar-refractivity contribution in [2.45, 2.75) is 94.4 Å². The number of epoxide rings is 2. The van der Waals surface area contributed by atoms with Crippen molar-refractivity contribution < 1.29 is 48.3 Å². The van der Waals surface area contributed by atoms with E-state index in [1.54, 1.807) is 6.92 Å². The zero-order valence-electron chi connectivity index (χ0n) is 20.2. The molecular weight excluding hydrogens is 484 g/mol. The van der Waals surface area contributed by atoms with E-state index in [0.29, 0.717) is 5.57 Å². The van der Waals surface area contributed by atoms with Crippen molar-refractivity contribution in [3.05, 3.63) is 12.2 Å². The second-order valence-corrected chi connectivity index (χ2v) is 11.3. The fraction of sp³-hybridized carbons (Fsp3) is 0.792. The lowest BCUT2D eigenvalue weighted by Crippen LogP contribution is -2.69. The molecular formula is C24H31ClO10. The van der Waals surface area contributed by atoms with Gasteiger partial charge in [0.15, 0.2) is 11.7 Å². The third-order valence-electron chi connectivity index (χ3n) is 8.83. The number of hydrogen-bond donors (Lipinski definition) is 2. The predicted octanol–water partition coefficient (Wildman–Crippen LogP) is 0.488. The van der Waals surface area contributed by atoms with Gasteiger partial charge >= 0.3 is 17.9 Å². The summed E-state index contributed by atoms with van der Waals surface area (Å²) in [4.78, 5) is 37.4. The number of aliphatic hydroxyl groups is 2. The van der Waals surface area contributed by atoms with Crippen LogP contribution in [0.1, 0.15) is 34.6 Å². The van der Waals surface area contributed by atoms with E-state index in [-0.39, 0.29) is 0 Å². The third-order valence-corrected chi connectivity index (χ3v) is 9.34. The quantitative estimate of drug-likeness (QED) is 0.175. The van der Waals surface area contributed by atoms with E-state index < -0.39 is 101 Å². The standard InChI is InChI=1S/C24H31ClO10/c1-7-12-18(31-10(4)26)24(30)9(3)22(29)35-19(24)13(25)8(2)15-17(33-15)21(32-11(5)27)23(12,6)20-16(34-20)14(7)28/h7,9,12-21,28,30H,2H2,1,3-6H3/t7-,9+,12-,13+,14+,15-,16+,17-,18-,19+,20+,21-,23-,24-/m1/s1. The molecule has 3 aliphatic heterocycles. The first-order valence-electron chi connectivity index (χ1n) is 11.8. The normalized spacial score (nSPS) is 54.3. The van der Waals surface area contributed by atoms with E-state index in [2.05, 4.69) is 6.58 Å². The average molecular weight is 515 g/mol. The molecule has 0 bridgehead atoms. The number of halogens is 1. The minimum atomic E-state index is -2.08. The number of aliphatic hydroxyl groups excluding tert-OH is 1. The van der Waals surface area contributed by atoms with E-state index in [9.17, 15) is 24.6 Å². The van der Waals surface area contributed by atoms with Crippen LogP contribution in [0.4, 0.5) is 0 Å². The Hall–Kier alpha value is -1.72. The van der Waals surface area contributed by atoms with Crippen LogP contribution in [-0.4, -0.2) is 87.9 Å². The average Bonchev–Trinajstić information content (AvgIpc) is 3.69. The zero-order valence-corrected chi connectivity index (χ0v) is 20.9. The topological polar surface area (TPSA) is 144 Å². The molecule has 14 atom stereocenters. The molecule has 2 N–H and O–H groups in total. The predicted molar refractivity (Wildman–Crippen MR) is 118 cm³/mol. The van der Waals surface area contributed by atoms with Gasteiger partial charge in [-0.1, -0.05) is 20.4 Å². The summed E-state index contributed by atoms with van der Waals surface area (Å²) in [5, 5.41) is 22.2. The van der Waals surface area contributed by atoms with Gasteiger partial charge in [0, 0.05) is 25.2 Å². The minimum absolute atomic E-state index is 0.347. The van der Waals surface area contributed by atoms with Crippen LogP contribution in [0, 0.1) is 23.2 Å². The molecule has 3 heterocycles. The van der Waals surface area contributed by atoms with Crippen molar-refractivity contribution in [2.75, 3.05) is 0 Å². The number of carbonyl (C=O) groups is 3. The maximum absolute atomic E-state index is 12.8. The lowest BCUT2D eigenvalue weighted by atomic mass is 9.53. The first kappa shape index (κ1) is 25.0. The smallest absolute Gasteiger partial charge is 0.312 e. The van der Waals surface area contributed by atoms with Gasteiger partial charge in [0.2, 0.25) is 0 Å². The molecule has 2 saturated carbocycles. The Morgan fingerprint density at radius 1 is 1.06 bits per heavy atom. The Labute approximate surface area is 207 Å². The van der Waals surface area contributed by atoms with Crippen LogP contribution in [0.5, 0.6) is 0 Å². The largest absolute Gasteiger partial charge is 0.459 e. The van der Waals surface area contributed by atoms with Crippen LogP contribution >= 0.6 is 11.6 Å². The van der Waals surface area contributed by atoms with Gasteiger partial charge in [-0.2, -0.15) is 0 Å². The zero-order chi connectivity index (χ0) is 25.8. The fourth-order valence-electron chi connectivity index (χ4n) is 6.93. The molecule has 0 aromatic rings. The number of alkyl halides is 1. The van der Waals surface area contributed by atoms with Crippen LogP contribution in [-0.2, 0) is 38.1 Å². The van der Waals surface area contributed by atoms with Gasteiger partial charge in [0.05, 0.1) is 23.5 Å². The van der Waals surface area contributed by atoms with Gasteiger partial charge in [-0.05, 0) is 18.4 Å².